The molecule has 0 spiro atoms. The van der Waals surface area contributed by atoms with E-state index in [1.165, 1.54) is 150 Å². The zero-order valence-electron chi connectivity index (χ0n) is 50.2. The second-order valence-corrected chi connectivity index (χ2v) is 33.1. The van der Waals surface area contributed by atoms with Gasteiger partial charge in [-0.2, -0.15) is 0 Å². The average molecular weight is 1190 g/mol. The zero-order valence-corrected chi connectivity index (χ0v) is 53.0. The van der Waals surface area contributed by atoms with E-state index in [9.17, 15) is 0 Å². The third kappa shape index (κ3) is 8.05. The first-order valence-electron chi connectivity index (χ1n) is 31.0. The summed E-state index contributed by atoms with van der Waals surface area (Å²) in [6, 6.07) is 117. The van der Waals surface area contributed by atoms with Crippen molar-refractivity contribution in [2.24, 2.45) is 0 Å². The van der Waals surface area contributed by atoms with Gasteiger partial charge in [0.1, 0.15) is 0 Å². The van der Waals surface area contributed by atoms with E-state index < -0.39 is 16.1 Å². The summed E-state index contributed by atoms with van der Waals surface area (Å²) < 4.78 is 2.60. The van der Waals surface area contributed by atoms with Crippen LogP contribution >= 0.6 is 11.3 Å². The van der Waals surface area contributed by atoms with Gasteiger partial charge < -0.3 is 9.80 Å². The van der Waals surface area contributed by atoms with Crippen LogP contribution in [0.5, 0.6) is 0 Å². The van der Waals surface area contributed by atoms with Gasteiger partial charge in [0.05, 0.1) is 0 Å². The Hall–Kier alpha value is -10.1. The van der Waals surface area contributed by atoms with Crippen molar-refractivity contribution in [3.8, 4) is 22.3 Å². The van der Waals surface area contributed by atoms with Crippen LogP contribution in [-0.2, 0) is 0 Å². The van der Waals surface area contributed by atoms with Crippen LogP contribution in [0, 0.1) is 27.7 Å². The zero-order chi connectivity index (χ0) is 59.5. The van der Waals surface area contributed by atoms with E-state index in [-0.39, 0.29) is 0 Å². The van der Waals surface area contributed by atoms with Crippen LogP contribution in [0.4, 0.5) is 34.1 Å². The van der Waals surface area contributed by atoms with E-state index in [1.54, 1.807) is 0 Å². The molecule has 0 fully saturated rings. The van der Waals surface area contributed by atoms with Crippen molar-refractivity contribution in [2.45, 2.75) is 27.7 Å². The molecule has 0 saturated heterocycles. The van der Waals surface area contributed by atoms with E-state index in [1.807, 2.05) is 11.3 Å². The number of hydrogen-bond acceptors (Lipinski definition) is 3. The van der Waals surface area contributed by atoms with Gasteiger partial charge in [0.25, 0.3) is 0 Å². The molecule has 89 heavy (non-hydrogen) atoms. The van der Waals surface area contributed by atoms with E-state index in [2.05, 4.69) is 341 Å². The molecule has 17 rings (SSSR count). The Morgan fingerprint density at radius 1 is 0.247 bits per heavy atom. The molecule has 5 heteroatoms. The fourth-order valence-corrected chi connectivity index (χ4v) is 26.6. The van der Waals surface area contributed by atoms with Crippen LogP contribution in [0.15, 0.2) is 303 Å². The maximum atomic E-state index is 2.62. The fraction of sp³-hybridized carbons (Fsp3) is 0.0476. The molecule has 0 atom stereocenters. The van der Waals surface area contributed by atoms with Crippen molar-refractivity contribution >= 4 is 145 Å². The molecule has 0 bridgehead atoms. The van der Waals surface area contributed by atoms with E-state index in [0.717, 1.165) is 11.4 Å². The molecule has 0 amide bonds. The minimum Gasteiger partial charge on any atom is -0.311 e. The molecule has 0 unspecified atom stereocenters. The Kier molecular flexibility index (Phi) is 12.4. The number of fused-ring (bicyclic) bond motifs is 9. The highest BCUT2D eigenvalue weighted by molar-refractivity contribution is 7.26. The van der Waals surface area contributed by atoms with Gasteiger partial charge in [-0.15, -0.1) is 11.3 Å². The highest BCUT2D eigenvalue weighted by atomic mass is 32.1. The Labute approximate surface area is 526 Å². The molecule has 1 aromatic heterocycles. The molecule has 2 aliphatic rings. The van der Waals surface area contributed by atoms with Gasteiger partial charge in [-0.3, -0.25) is 0 Å². The summed E-state index contributed by atoms with van der Waals surface area (Å²) in [5.41, 5.74) is 17.0. The highest BCUT2D eigenvalue weighted by Crippen LogP contribution is 2.50. The second-order valence-electron chi connectivity index (χ2n) is 24.6. The lowest BCUT2D eigenvalue weighted by atomic mass is 9.85. The molecule has 3 heterocycles. The van der Waals surface area contributed by atoms with Crippen LogP contribution in [0.2, 0.25) is 0 Å². The summed E-state index contributed by atoms with van der Waals surface area (Å²) >= 11 is 1.90. The lowest BCUT2D eigenvalue weighted by Crippen LogP contribution is -2.77. The summed E-state index contributed by atoms with van der Waals surface area (Å²) in [4.78, 5) is 5.19. The van der Waals surface area contributed by atoms with Crippen LogP contribution in [-0.4, -0.2) is 16.1 Å². The van der Waals surface area contributed by atoms with Gasteiger partial charge >= 0.3 is 0 Å². The van der Waals surface area contributed by atoms with E-state index in [0.29, 0.717) is 0 Å². The Bertz CT molecular complexity index is 5150. The number of thiophene rings is 1. The van der Waals surface area contributed by atoms with Crippen molar-refractivity contribution in [3.05, 3.63) is 326 Å². The SMILES string of the molecule is Cc1ccc([Si]2(c3ccc(C)cc3)c3ccccc3N(c3ccc4c(-c5ccccc5)c5cc(N6c7ccccc7[Si](c7ccc(C)cc7)(c7ccc(C)cc7)c7cc8c(cc76)sc6ccccc68)ccc5c(-c5ccccc5)c4c3)c3ccccc32)cc1. The summed E-state index contributed by atoms with van der Waals surface area (Å²) in [6.07, 6.45) is 0. The third-order valence-corrected chi connectivity index (χ3v) is 30.3. The van der Waals surface area contributed by atoms with Crippen LogP contribution in [0.1, 0.15) is 22.3 Å². The van der Waals surface area contributed by atoms with Crippen molar-refractivity contribution < 1.29 is 0 Å². The van der Waals surface area contributed by atoms with Crippen LogP contribution < -0.4 is 51.3 Å². The molecular weight excluding hydrogens is 1130 g/mol. The van der Waals surface area contributed by atoms with Crippen LogP contribution in [0.25, 0.3) is 64.0 Å². The first-order valence-corrected chi connectivity index (χ1v) is 35.9. The lowest BCUT2D eigenvalue weighted by Gasteiger charge is -2.45. The number of anilines is 6. The Morgan fingerprint density at radius 2 is 0.607 bits per heavy atom. The fourth-order valence-electron chi connectivity index (χ4n) is 15.4. The number of aryl methyl sites for hydroxylation is 4. The maximum absolute atomic E-state index is 3.03. The number of hydrogen-bond donors (Lipinski definition) is 0. The number of nitrogens with zero attached hydrogens (tertiary/aromatic N) is 2. The summed E-state index contributed by atoms with van der Waals surface area (Å²) in [6.45, 7) is 8.82. The molecule has 14 aromatic carbocycles. The smallest absolute Gasteiger partial charge is 0.184 e. The third-order valence-electron chi connectivity index (χ3n) is 19.5. The summed E-state index contributed by atoms with van der Waals surface area (Å²) in [5, 5.41) is 18.6. The van der Waals surface area contributed by atoms with Gasteiger partial charge in [-0.25, -0.2) is 0 Å². The normalized spacial score (nSPS) is 13.8. The minimum atomic E-state index is -3.03. The molecule has 2 nitrogen and oxygen atoms in total. The standard InChI is InChI=1S/C84H62N2SSi2/c1-55-31-41-63(42-32-55)88(64-43-33-56(2)34-44-64)79-28-16-12-24-73(79)85(74-25-13-17-29-80(74)88)61-39-49-68-71(51-61)83(59-19-7-5-8-20-59)69-50-40-62(52-72(69)84(68)60-21-9-6-10-22-60)86-75-26-14-18-30-81(75)89(65-45-35-57(3)36-46-65,66-47-37-58(4)38-48-66)82-53-70-67-23-11-15-27-77(67)87-78(70)54-76(82)86/h5-54H,1-4H3. The lowest BCUT2D eigenvalue weighted by molar-refractivity contribution is 1.29. The van der Waals surface area contributed by atoms with Gasteiger partial charge in [-0.05, 0) is 168 Å². The molecule has 0 aliphatic carbocycles. The summed E-state index contributed by atoms with van der Waals surface area (Å²) in [7, 11) is -5.91. The van der Waals surface area contributed by atoms with Gasteiger partial charge in [0.15, 0.2) is 16.1 Å². The molecule has 422 valence electrons. The van der Waals surface area contributed by atoms with E-state index >= 15 is 0 Å². The summed E-state index contributed by atoms with van der Waals surface area (Å²) in [5.74, 6) is 0. The van der Waals surface area contributed by atoms with Gasteiger partial charge in [0, 0.05) is 54.3 Å². The quantitative estimate of drug-likeness (QED) is 0.111. The van der Waals surface area contributed by atoms with Crippen molar-refractivity contribution in [2.75, 3.05) is 9.80 Å². The predicted molar refractivity (Wildman–Crippen MR) is 388 cm³/mol. The first kappa shape index (κ1) is 53.1. The monoisotopic (exact) mass is 1190 g/mol. The predicted octanol–water partition coefficient (Wildman–Crippen LogP) is 17.2. The molecule has 0 radical (unpaired) electrons. The highest BCUT2D eigenvalue weighted by Gasteiger charge is 2.51. The van der Waals surface area contributed by atoms with Crippen molar-refractivity contribution in [1.29, 1.82) is 0 Å². The molecule has 2 aliphatic heterocycles. The van der Waals surface area contributed by atoms with Crippen molar-refractivity contribution in [3.63, 3.8) is 0 Å². The Balaban J connectivity index is 0.936. The topological polar surface area (TPSA) is 6.48 Å². The minimum absolute atomic E-state index is 1.13. The molecule has 0 saturated carbocycles. The maximum Gasteiger partial charge on any atom is 0.184 e. The number of rotatable bonds is 8. The number of benzene rings is 14. The first-order chi connectivity index (χ1) is 43.8. The molecule has 15 aromatic rings. The Morgan fingerprint density at radius 3 is 1.03 bits per heavy atom. The van der Waals surface area contributed by atoms with Gasteiger partial charge in [0.2, 0.25) is 0 Å². The van der Waals surface area contributed by atoms with Crippen LogP contribution in [0.3, 0.4) is 0 Å². The average Bonchev–Trinajstić information content (AvgIpc) is 1.12. The molecule has 0 N–H and O–H groups in total. The van der Waals surface area contributed by atoms with E-state index in [4.69, 9.17) is 0 Å². The second kappa shape index (κ2) is 20.8. The number of para-hydroxylation sites is 3. The van der Waals surface area contributed by atoms with Crippen molar-refractivity contribution in [1.82, 2.24) is 0 Å². The molecular formula is C84H62N2SSi2. The van der Waals surface area contributed by atoms with Gasteiger partial charge in [-0.1, -0.05) is 271 Å². The largest absolute Gasteiger partial charge is 0.311 e.